The number of hydrogen-bond donors (Lipinski definition) is 0. The Morgan fingerprint density at radius 3 is 2.70 bits per heavy atom. The molecule has 4 aromatic rings. The number of nitrogens with zero attached hydrogens (tertiary/aromatic N) is 5. The number of esters is 1. The lowest BCUT2D eigenvalue weighted by atomic mass is 10.1. The van der Waals surface area contributed by atoms with Gasteiger partial charge in [-0.1, -0.05) is 12.1 Å². The first kappa shape index (κ1) is 26.9. The van der Waals surface area contributed by atoms with Crippen LogP contribution in [0.25, 0.3) is 16.7 Å². The molecule has 1 aromatic carbocycles. The van der Waals surface area contributed by atoms with E-state index in [-0.39, 0.29) is 52.6 Å². The highest BCUT2D eigenvalue weighted by atomic mass is 16.6. The molecular weight excluding hydrogens is 518 g/mol. The maximum absolute atomic E-state index is 13.6. The highest BCUT2D eigenvalue weighted by Crippen LogP contribution is 2.21. The normalized spacial score (nSPS) is 15.6. The van der Waals surface area contributed by atoms with Crippen molar-refractivity contribution >= 4 is 34.2 Å². The van der Waals surface area contributed by atoms with Crippen molar-refractivity contribution in [2.75, 3.05) is 13.2 Å². The van der Waals surface area contributed by atoms with Crippen molar-refractivity contribution in [2.45, 2.75) is 46.3 Å². The fourth-order valence-electron chi connectivity index (χ4n) is 4.83. The largest absolute Gasteiger partial charge is 0.462 e. The number of aryl methyl sites for hydroxylation is 2. The van der Waals surface area contributed by atoms with Gasteiger partial charge in [-0.05, 0) is 57.4 Å². The summed E-state index contributed by atoms with van der Waals surface area (Å²) in [6, 6.07) is 8.94. The molecule has 1 atom stereocenters. The van der Waals surface area contributed by atoms with Gasteiger partial charge < -0.3 is 14.0 Å². The van der Waals surface area contributed by atoms with Gasteiger partial charge in [-0.3, -0.25) is 24.1 Å². The molecule has 4 heterocycles. The number of fused-ring (bicyclic) bond motifs is 2. The molecule has 3 aromatic heterocycles. The summed E-state index contributed by atoms with van der Waals surface area (Å²) in [7, 11) is 0. The Balaban J connectivity index is 1.86. The first-order valence-electron chi connectivity index (χ1n) is 12.9. The van der Waals surface area contributed by atoms with Crippen LogP contribution in [0.1, 0.15) is 51.6 Å². The van der Waals surface area contributed by atoms with E-state index in [1.165, 1.54) is 22.6 Å². The molecule has 5 rings (SSSR count). The van der Waals surface area contributed by atoms with Crippen molar-refractivity contribution in [3.05, 3.63) is 90.8 Å². The first-order chi connectivity index (χ1) is 19.2. The molecule has 12 heteroatoms. The van der Waals surface area contributed by atoms with Gasteiger partial charge in [0, 0.05) is 30.0 Å². The van der Waals surface area contributed by atoms with Crippen LogP contribution in [-0.2, 0) is 16.0 Å². The van der Waals surface area contributed by atoms with E-state index in [9.17, 15) is 24.5 Å². The average molecular weight is 546 g/mol. The number of nitro benzene ring substituents is 1. The lowest BCUT2D eigenvalue weighted by molar-refractivity contribution is -0.385. The second kappa shape index (κ2) is 10.8. The van der Waals surface area contributed by atoms with Crippen LogP contribution < -0.4 is 11.0 Å². The number of carbonyl (C=O) groups is 2. The summed E-state index contributed by atoms with van der Waals surface area (Å²) in [4.78, 5) is 60.2. The second-order valence-electron chi connectivity index (χ2n) is 9.56. The van der Waals surface area contributed by atoms with E-state index >= 15 is 0 Å². The van der Waals surface area contributed by atoms with Gasteiger partial charge in [-0.2, -0.15) is 4.99 Å². The molecule has 0 spiro atoms. The monoisotopic (exact) mass is 545 g/mol. The summed E-state index contributed by atoms with van der Waals surface area (Å²) in [5.74, 6) is -1.58. The Hall–Kier alpha value is -4.71. The second-order valence-corrected chi connectivity index (χ2v) is 9.56. The van der Waals surface area contributed by atoms with E-state index < -0.39 is 22.4 Å². The van der Waals surface area contributed by atoms with Crippen LogP contribution in [0.15, 0.2) is 52.4 Å². The molecular formula is C28H27N5O7. The Morgan fingerprint density at radius 1 is 1.20 bits per heavy atom. The van der Waals surface area contributed by atoms with E-state index in [0.717, 1.165) is 24.5 Å². The quantitative estimate of drug-likeness (QED) is 0.155. The van der Waals surface area contributed by atoms with E-state index in [4.69, 9.17) is 14.5 Å². The van der Waals surface area contributed by atoms with Gasteiger partial charge in [0.1, 0.15) is 16.9 Å². The molecule has 0 N–H and O–H groups in total. The van der Waals surface area contributed by atoms with E-state index in [1.807, 2.05) is 13.0 Å². The van der Waals surface area contributed by atoms with Crippen LogP contribution >= 0.6 is 0 Å². The number of pyridine rings is 2. The maximum atomic E-state index is 13.6. The molecule has 1 amide bonds. The average Bonchev–Trinajstić information content (AvgIpc) is 3.44. The van der Waals surface area contributed by atoms with Crippen LogP contribution in [0.3, 0.4) is 0 Å². The lowest BCUT2D eigenvalue weighted by Gasteiger charge is -2.18. The number of rotatable bonds is 6. The predicted octanol–water partition coefficient (Wildman–Crippen LogP) is 3.27. The van der Waals surface area contributed by atoms with Crippen LogP contribution in [0.2, 0.25) is 0 Å². The third-order valence-corrected chi connectivity index (χ3v) is 6.87. The SMILES string of the molecule is CCOC(=O)c1cc2c(=O)n3cccc(C)c3nc2n(CC2CCCO2)c1=NC(=O)c1ccc(C)c([N+](=O)[O-])c1. The zero-order valence-electron chi connectivity index (χ0n) is 22.2. The Bertz CT molecular complexity index is 1820. The molecule has 0 bridgehead atoms. The van der Waals surface area contributed by atoms with Crippen molar-refractivity contribution in [1.82, 2.24) is 14.0 Å². The van der Waals surface area contributed by atoms with Crippen molar-refractivity contribution in [3.8, 4) is 0 Å². The van der Waals surface area contributed by atoms with Gasteiger partial charge in [-0.15, -0.1) is 0 Å². The minimum atomic E-state index is -0.803. The van der Waals surface area contributed by atoms with Gasteiger partial charge in [0.05, 0.1) is 29.6 Å². The van der Waals surface area contributed by atoms with Crippen LogP contribution in [0.5, 0.6) is 0 Å². The molecule has 0 aliphatic carbocycles. The number of nitro groups is 1. The van der Waals surface area contributed by atoms with Crippen LogP contribution in [0, 0.1) is 24.0 Å². The van der Waals surface area contributed by atoms with E-state index in [0.29, 0.717) is 17.8 Å². The van der Waals surface area contributed by atoms with Crippen LogP contribution in [-0.4, -0.2) is 50.1 Å². The highest BCUT2D eigenvalue weighted by molar-refractivity contribution is 5.97. The summed E-state index contributed by atoms with van der Waals surface area (Å²) in [5.41, 5.74) is 0.949. The maximum Gasteiger partial charge on any atom is 0.341 e. The number of benzene rings is 1. The minimum Gasteiger partial charge on any atom is -0.462 e. The third kappa shape index (κ3) is 4.89. The Morgan fingerprint density at radius 2 is 2.00 bits per heavy atom. The number of hydrogen-bond acceptors (Lipinski definition) is 8. The number of amides is 1. The lowest BCUT2D eigenvalue weighted by Crippen LogP contribution is -2.35. The summed E-state index contributed by atoms with van der Waals surface area (Å²) < 4.78 is 14.1. The molecule has 40 heavy (non-hydrogen) atoms. The Kier molecular flexibility index (Phi) is 7.26. The zero-order chi connectivity index (χ0) is 28.6. The predicted molar refractivity (Wildman–Crippen MR) is 144 cm³/mol. The Labute approximate surface area is 227 Å². The van der Waals surface area contributed by atoms with Crippen molar-refractivity contribution < 1.29 is 24.0 Å². The number of aromatic nitrogens is 3. The van der Waals surface area contributed by atoms with Crippen molar-refractivity contribution in [1.29, 1.82) is 0 Å². The third-order valence-electron chi connectivity index (χ3n) is 6.87. The summed E-state index contributed by atoms with van der Waals surface area (Å²) in [5, 5.41) is 11.6. The van der Waals surface area contributed by atoms with Gasteiger partial charge >= 0.3 is 5.97 Å². The van der Waals surface area contributed by atoms with Crippen molar-refractivity contribution in [2.24, 2.45) is 4.99 Å². The van der Waals surface area contributed by atoms with E-state index in [2.05, 4.69) is 4.99 Å². The van der Waals surface area contributed by atoms with E-state index in [1.54, 1.807) is 30.7 Å². The highest BCUT2D eigenvalue weighted by Gasteiger charge is 2.24. The number of ether oxygens (including phenoxy) is 2. The molecule has 1 unspecified atom stereocenters. The van der Waals surface area contributed by atoms with Crippen molar-refractivity contribution in [3.63, 3.8) is 0 Å². The molecule has 1 aliphatic heterocycles. The smallest absolute Gasteiger partial charge is 0.341 e. The minimum absolute atomic E-state index is 0.0294. The molecule has 0 saturated carbocycles. The summed E-state index contributed by atoms with van der Waals surface area (Å²) >= 11 is 0. The van der Waals surface area contributed by atoms with Gasteiger partial charge in [-0.25, -0.2) is 9.78 Å². The topological polar surface area (TPSA) is 147 Å². The van der Waals surface area contributed by atoms with Crippen LogP contribution in [0.4, 0.5) is 5.69 Å². The molecule has 0 radical (unpaired) electrons. The van der Waals surface area contributed by atoms with Gasteiger partial charge in [0.15, 0.2) is 5.49 Å². The number of carbonyl (C=O) groups excluding carboxylic acids is 2. The fourth-order valence-corrected chi connectivity index (χ4v) is 4.83. The molecule has 1 fully saturated rings. The molecule has 1 saturated heterocycles. The summed E-state index contributed by atoms with van der Waals surface area (Å²) in [6.45, 7) is 5.80. The molecule has 12 nitrogen and oxygen atoms in total. The van der Waals surface area contributed by atoms with Gasteiger partial charge in [0.25, 0.3) is 17.2 Å². The molecule has 1 aliphatic rings. The summed E-state index contributed by atoms with van der Waals surface area (Å²) in [6.07, 6.45) is 2.88. The zero-order valence-corrected chi connectivity index (χ0v) is 22.2. The fraction of sp³-hybridized carbons (Fsp3) is 0.321. The van der Waals surface area contributed by atoms with Gasteiger partial charge in [0.2, 0.25) is 0 Å². The first-order valence-corrected chi connectivity index (χ1v) is 12.9. The standard InChI is InChI=1S/C28H27N5O7/c1-4-39-28(36)21-14-20-24(29-23-17(3)7-5-11-31(23)27(20)35)32(15-19-8-6-12-40-19)25(21)30-26(34)18-10-9-16(2)22(13-18)33(37)38/h5,7,9-11,13-14,19H,4,6,8,12,15H2,1-3H3. The molecule has 206 valence electrons.